The Morgan fingerprint density at radius 1 is 1.36 bits per heavy atom. The SMILES string of the molecule is C=CC[C@]1(C(=O)NN)N=C(c2ccc(OCCCO)cc2)O[C@H]1c1ccccc1CN=[N+]=[N-]. The number of ether oxygens (including phenoxy) is 2. The molecule has 1 aliphatic rings. The van der Waals surface area contributed by atoms with Gasteiger partial charge in [0.1, 0.15) is 5.75 Å². The summed E-state index contributed by atoms with van der Waals surface area (Å²) in [6.45, 7) is 4.33. The number of nitrogens with zero attached hydrogens (tertiary/aromatic N) is 4. The number of benzene rings is 2. The zero-order chi connectivity index (χ0) is 23.7. The van der Waals surface area contributed by atoms with Crippen LogP contribution in [0.2, 0.25) is 0 Å². The van der Waals surface area contributed by atoms with E-state index in [1.807, 2.05) is 24.3 Å². The quantitative estimate of drug-likeness (QED) is 0.0701. The minimum Gasteiger partial charge on any atom is -0.494 e. The molecule has 10 nitrogen and oxygen atoms in total. The maximum Gasteiger partial charge on any atom is 0.266 e. The molecule has 0 aromatic heterocycles. The Morgan fingerprint density at radius 3 is 2.79 bits per heavy atom. The number of nitrogens with two attached hydrogens (primary N) is 1. The minimum absolute atomic E-state index is 0.0554. The van der Waals surface area contributed by atoms with Gasteiger partial charge in [0, 0.05) is 29.9 Å². The van der Waals surface area contributed by atoms with Crippen molar-refractivity contribution in [1.29, 1.82) is 0 Å². The number of aliphatic imine (C=N–C) groups is 1. The predicted octanol–water partition coefficient (Wildman–Crippen LogP) is 3.08. The van der Waals surface area contributed by atoms with Gasteiger partial charge in [0.15, 0.2) is 11.6 Å². The number of aliphatic hydroxyl groups is 1. The molecule has 0 aliphatic carbocycles. The zero-order valence-electron chi connectivity index (χ0n) is 18.1. The summed E-state index contributed by atoms with van der Waals surface area (Å²) in [6, 6.07) is 14.3. The van der Waals surface area contributed by atoms with Crippen LogP contribution in [-0.4, -0.2) is 35.7 Å². The number of nitrogens with one attached hydrogen (secondary N) is 1. The van der Waals surface area contributed by atoms with E-state index in [1.54, 1.807) is 30.3 Å². The number of carbonyl (C=O) groups is 1. The summed E-state index contributed by atoms with van der Waals surface area (Å²) in [5.74, 6) is 5.91. The van der Waals surface area contributed by atoms with Crippen LogP contribution in [-0.2, 0) is 16.1 Å². The summed E-state index contributed by atoms with van der Waals surface area (Å²) in [7, 11) is 0. The highest BCUT2D eigenvalue weighted by molar-refractivity contribution is 6.01. The lowest BCUT2D eigenvalue weighted by molar-refractivity contribution is -0.128. The van der Waals surface area contributed by atoms with Crippen molar-refractivity contribution >= 4 is 11.8 Å². The summed E-state index contributed by atoms with van der Waals surface area (Å²) >= 11 is 0. The molecule has 2 atom stereocenters. The van der Waals surface area contributed by atoms with Crippen molar-refractivity contribution in [2.24, 2.45) is 15.9 Å². The van der Waals surface area contributed by atoms with Crippen molar-refractivity contribution in [3.63, 3.8) is 0 Å². The summed E-state index contributed by atoms with van der Waals surface area (Å²) in [6.07, 6.45) is 1.47. The van der Waals surface area contributed by atoms with Gasteiger partial charge in [0.2, 0.25) is 5.90 Å². The third-order valence-electron chi connectivity index (χ3n) is 5.26. The molecule has 2 aromatic rings. The van der Waals surface area contributed by atoms with Crippen LogP contribution in [0.25, 0.3) is 10.4 Å². The molecule has 4 N–H and O–H groups in total. The number of hydrazine groups is 1. The van der Waals surface area contributed by atoms with Crippen molar-refractivity contribution in [1.82, 2.24) is 5.43 Å². The summed E-state index contributed by atoms with van der Waals surface area (Å²) in [5, 5.41) is 12.6. The van der Waals surface area contributed by atoms with Crippen LogP contribution < -0.4 is 16.0 Å². The first kappa shape index (κ1) is 23.8. The summed E-state index contributed by atoms with van der Waals surface area (Å²) in [5.41, 5.74) is 11.6. The third-order valence-corrected chi connectivity index (χ3v) is 5.26. The highest BCUT2D eigenvalue weighted by Crippen LogP contribution is 2.43. The van der Waals surface area contributed by atoms with Gasteiger partial charge in [0.05, 0.1) is 13.2 Å². The number of rotatable bonds is 11. The average Bonchev–Trinajstić information content (AvgIpc) is 3.23. The summed E-state index contributed by atoms with van der Waals surface area (Å²) < 4.78 is 11.8. The van der Waals surface area contributed by atoms with E-state index in [4.69, 9.17) is 26.0 Å². The van der Waals surface area contributed by atoms with E-state index in [2.05, 4.69) is 27.0 Å². The maximum atomic E-state index is 13.0. The molecule has 1 aliphatic heterocycles. The van der Waals surface area contributed by atoms with Gasteiger partial charge in [-0.3, -0.25) is 10.2 Å². The Balaban J connectivity index is 2.01. The normalized spacial score (nSPS) is 19.1. The predicted molar refractivity (Wildman–Crippen MR) is 123 cm³/mol. The highest BCUT2D eigenvalue weighted by atomic mass is 16.5. The molecule has 3 rings (SSSR count). The third kappa shape index (κ3) is 5.15. The first-order valence-electron chi connectivity index (χ1n) is 10.4. The fourth-order valence-electron chi connectivity index (χ4n) is 3.68. The Morgan fingerprint density at radius 2 is 2.12 bits per heavy atom. The Labute approximate surface area is 191 Å². The fraction of sp³-hybridized carbons (Fsp3) is 0.304. The average molecular weight is 450 g/mol. The van der Waals surface area contributed by atoms with E-state index in [-0.39, 0.29) is 25.5 Å². The number of azide groups is 1. The lowest BCUT2D eigenvalue weighted by Gasteiger charge is -2.30. The van der Waals surface area contributed by atoms with Gasteiger partial charge >= 0.3 is 0 Å². The highest BCUT2D eigenvalue weighted by Gasteiger charge is 2.52. The van der Waals surface area contributed by atoms with Crippen LogP contribution in [0.1, 0.15) is 35.6 Å². The fourth-order valence-corrected chi connectivity index (χ4v) is 3.68. The van der Waals surface area contributed by atoms with Gasteiger partial charge < -0.3 is 14.6 Å². The molecular weight excluding hydrogens is 424 g/mol. The van der Waals surface area contributed by atoms with Gasteiger partial charge in [-0.15, -0.1) is 6.58 Å². The molecular formula is C23H26N6O4. The Bertz CT molecular complexity index is 1060. The van der Waals surface area contributed by atoms with E-state index < -0.39 is 17.6 Å². The smallest absolute Gasteiger partial charge is 0.266 e. The minimum atomic E-state index is -1.39. The second-order valence-corrected chi connectivity index (χ2v) is 7.34. The molecule has 0 fully saturated rings. The van der Waals surface area contributed by atoms with Gasteiger partial charge in [0.25, 0.3) is 5.91 Å². The van der Waals surface area contributed by atoms with Crippen LogP contribution in [0.15, 0.2) is 71.3 Å². The Kier molecular flexibility index (Phi) is 8.04. The number of hydrogen-bond acceptors (Lipinski definition) is 7. The van der Waals surface area contributed by atoms with Crippen molar-refractivity contribution in [2.45, 2.75) is 31.0 Å². The van der Waals surface area contributed by atoms with E-state index in [9.17, 15) is 4.79 Å². The van der Waals surface area contributed by atoms with Crippen LogP contribution in [0.5, 0.6) is 5.75 Å². The monoisotopic (exact) mass is 450 g/mol. The number of aliphatic hydroxyl groups excluding tert-OH is 1. The molecule has 1 amide bonds. The van der Waals surface area contributed by atoms with E-state index >= 15 is 0 Å². The number of amides is 1. The van der Waals surface area contributed by atoms with E-state index in [1.165, 1.54) is 0 Å². The van der Waals surface area contributed by atoms with Crippen LogP contribution in [0, 0.1) is 0 Å². The number of hydrogen-bond donors (Lipinski definition) is 3. The van der Waals surface area contributed by atoms with E-state index in [0.29, 0.717) is 35.5 Å². The standard InChI is InChI=1S/C23H26N6O4/c1-2-12-23(22(31)28-24)20(19-7-4-3-6-17(19)15-26-29-25)33-21(27-23)16-8-10-18(11-9-16)32-14-5-13-30/h2-4,6-11,20,30H,1,5,12-15,24H2,(H,28,31)/t20-,23-/m0/s1. The van der Waals surface area contributed by atoms with Gasteiger partial charge in [-0.1, -0.05) is 35.5 Å². The molecule has 0 saturated heterocycles. The topological polar surface area (TPSA) is 155 Å². The maximum absolute atomic E-state index is 13.0. The molecule has 0 unspecified atom stereocenters. The first-order chi connectivity index (χ1) is 16.1. The number of carbonyl (C=O) groups excluding carboxylic acids is 1. The lowest BCUT2D eigenvalue weighted by atomic mass is 9.83. The molecule has 0 spiro atoms. The molecule has 172 valence electrons. The zero-order valence-corrected chi connectivity index (χ0v) is 18.1. The van der Waals surface area contributed by atoms with Crippen molar-refractivity contribution in [3.8, 4) is 5.75 Å². The molecule has 0 radical (unpaired) electrons. The lowest BCUT2D eigenvalue weighted by Crippen LogP contribution is -2.50. The van der Waals surface area contributed by atoms with Crippen LogP contribution in [0.3, 0.4) is 0 Å². The molecule has 0 saturated carbocycles. The van der Waals surface area contributed by atoms with Gasteiger partial charge in [-0.25, -0.2) is 10.8 Å². The Hall–Kier alpha value is -3.85. The molecule has 10 heteroatoms. The van der Waals surface area contributed by atoms with Crippen molar-refractivity contribution in [2.75, 3.05) is 13.2 Å². The molecule has 0 bridgehead atoms. The van der Waals surface area contributed by atoms with Gasteiger partial charge in [-0.05, 0) is 40.9 Å². The van der Waals surface area contributed by atoms with E-state index in [0.717, 1.165) is 0 Å². The van der Waals surface area contributed by atoms with Crippen LogP contribution in [0.4, 0.5) is 0 Å². The molecule has 33 heavy (non-hydrogen) atoms. The molecule has 1 heterocycles. The first-order valence-corrected chi connectivity index (χ1v) is 10.4. The molecule has 2 aromatic carbocycles. The van der Waals surface area contributed by atoms with Crippen molar-refractivity contribution in [3.05, 3.63) is 88.3 Å². The second kappa shape index (κ2) is 11.1. The second-order valence-electron chi connectivity index (χ2n) is 7.34. The van der Waals surface area contributed by atoms with Crippen molar-refractivity contribution < 1.29 is 19.4 Å². The summed E-state index contributed by atoms with van der Waals surface area (Å²) in [4.78, 5) is 20.5. The van der Waals surface area contributed by atoms with Crippen LogP contribution >= 0.6 is 0 Å². The van der Waals surface area contributed by atoms with Gasteiger partial charge in [-0.2, -0.15) is 0 Å². The largest absolute Gasteiger partial charge is 0.494 e.